The Balaban J connectivity index is 2.17. The highest BCUT2D eigenvalue weighted by molar-refractivity contribution is 8.00. The SMILES string of the molecule is O=C(O)c1cccnc1S[C@@H]1CCC[C@H]1O. The second-order valence-corrected chi connectivity index (χ2v) is 5.04. The molecule has 1 aliphatic carbocycles. The van der Waals surface area contributed by atoms with Gasteiger partial charge in [-0.2, -0.15) is 0 Å². The zero-order valence-corrected chi connectivity index (χ0v) is 9.48. The average Bonchev–Trinajstić information content (AvgIpc) is 2.65. The number of aliphatic hydroxyl groups excluding tert-OH is 1. The number of carboxylic acid groups (broad SMARTS) is 1. The molecule has 2 N–H and O–H groups in total. The third-order valence-electron chi connectivity index (χ3n) is 2.68. The van der Waals surface area contributed by atoms with E-state index in [-0.39, 0.29) is 16.9 Å². The fourth-order valence-electron chi connectivity index (χ4n) is 1.83. The van der Waals surface area contributed by atoms with Crippen molar-refractivity contribution < 1.29 is 15.0 Å². The van der Waals surface area contributed by atoms with Crippen molar-refractivity contribution in [2.45, 2.75) is 35.6 Å². The first kappa shape index (κ1) is 11.4. The summed E-state index contributed by atoms with van der Waals surface area (Å²) in [5.41, 5.74) is 0.214. The molecule has 2 rings (SSSR count). The van der Waals surface area contributed by atoms with Gasteiger partial charge in [0.25, 0.3) is 0 Å². The summed E-state index contributed by atoms with van der Waals surface area (Å²) in [6.45, 7) is 0. The fourth-order valence-corrected chi connectivity index (χ4v) is 3.10. The van der Waals surface area contributed by atoms with Crippen molar-refractivity contribution in [3.05, 3.63) is 23.9 Å². The van der Waals surface area contributed by atoms with E-state index in [9.17, 15) is 9.90 Å². The summed E-state index contributed by atoms with van der Waals surface area (Å²) in [5, 5.41) is 19.3. The molecule has 1 heterocycles. The molecule has 1 aromatic rings. The molecule has 1 aromatic heterocycles. The average molecular weight is 239 g/mol. The van der Waals surface area contributed by atoms with Crippen LogP contribution < -0.4 is 0 Å². The van der Waals surface area contributed by atoms with Crippen LogP contribution in [0.15, 0.2) is 23.4 Å². The normalized spacial score (nSPS) is 24.6. The van der Waals surface area contributed by atoms with Crippen LogP contribution in [-0.2, 0) is 0 Å². The Morgan fingerprint density at radius 2 is 2.31 bits per heavy atom. The zero-order chi connectivity index (χ0) is 11.5. The van der Waals surface area contributed by atoms with Crippen LogP contribution in [0.3, 0.4) is 0 Å². The second-order valence-electron chi connectivity index (χ2n) is 3.82. The van der Waals surface area contributed by atoms with Crippen LogP contribution in [0.5, 0.6) is 0 Å². The number of carbonyl (C=O) groups is 1. The van der Waals surface area contributed by atoms with Gasteiger partial charge in [-0.15, -0.1) is 0 Å². The van der Waals surface area contributed by atoms with Crippen molar-refractivity contribution in [1.29, 1.82) is 0 Å². The van der Waals surface area contributed by atoms with Gasteiger partial charge in [-0.3, -0.25) is 0 Å². The molecule has 86 valence electrons. The predicted octanol–water partition coefficient (Wildman–Crippen LogP) is 1.79. The molecule has 0 unspecified atom stereocenters. The van der Waals surface area contributed by atoms with Gasteiger partial charge < -0.3 is 10.2 Å². The minimum Gasteiger partial charge on any atom is -0.478 e. The number of nitrogens with zero attached hydrogens (tertiary/aromatic N) is 1. The fraction of sp³-hybridized carbons (Fsp3) is 0.455. The van der Waals surface area contributed by atoms with Crippen molar-refractivity contribution >= 4 is 17.7 Å². The highest BCUT2D eigenvalue weighted by Crippen LogP contribution is 2.35. The summed E-state index contributed by atoms with van der Waals surface area (Å²) in [6, 6.07) is 3.15. The largest absolute Gasteiger partial charge is 0.478 e. The molecule has 0 aromatic carbocycles. The summed E-state index contributed by atoms with van der Waals surface area (Å²) in [6.07, 6.45) is 3.95. The molecular weight excluding hydrogens is 226 g/mol. The zero-order valence-electron chi connectivity index (χ0n) is 8.67. The lowest BCUT2D eigenvalue weighted by atomic mass is 10.3. The Kier molecular flexibility index (Phi) is 3.46. The van der Waals surface area contributed by atoms with Crippen LogP contribution in [0.4, 0.5) is 0 Å². The Labute approximate surface area is 97.7 Å². The van der Waals surface area contributed by atoms with Crippen LogP contribution in [0, 0.1) is 0 Å². The maximum absolute atomic E-state index is 11.0. The Morgan fingerprint density at radius 3 is 2.94 bits per heavy atom. The molecule has 0 radical (unpaired) electrons. The van der Waals surface area contributed by atoms with Gasteiger partial charge in [-0.05, 0) is 31.4 Å². The predicted molar refractivity (Wildman–Crippen MR) is 60.7 cm³/mol. The van der Waals surface area contributed by atoms with E-state index in [1.165, 1.54) is 11.8 Å². The Bertz CT molecular complexity index is 397. The number of aromatic nitrogens is 1. The lowest BCUT2D eigenvalue weighted by Gasteiger charge is -2.14. The first-order chi connectivity index (χ1) is 7.68. The lowest BCUT2D eigenvalue weighted by molar-refractivity contribution is 0.0692. The number of pyridine rings is 1. The van der Waals surface area contributed by atoms with Crippen LogP contribution in [-0.4, -0.2) is 32.5 Å². The molecule has 0 bridgehead atoms. The number of carboxylic acids is 1. The second kappa shape index (κ2) is 4.84. The monoisotopic (exact) mass is 239 g/mol. The van der Waals surface area contributed by atoms with Crippen LogP contribution in [0.1, 0.15) is 29.6 Å². The maximum atomic E-state index is 11.0. The molecule has 4 nitrogen and oxygen atoms in total. The van der Waals surface area contributed by atoms with Crippen molar-refractivity contribution in [3.8, 4) is 0 Å². The molecule has 0 saturated heterocycles. The van der Waals surface area contributed by atoms with Gasteiger partial charge in [-0.1, -0.05) is 11.8 Å². The number of rotatable bonds is 3. The summed E-state index contributed by atoms with van der Waals surface area (Å²) < 4.78 is 0. The molecule has 1 aliphatic rings. The van der Waals surface area contributed by atoms with E-state index in [0.717, 1.165) is 19.3 Å². The number of aromatic carboxylic acids is 1. The summed E-state index contributed by atoms with van der Waals surface area (Å²) >= 11 is 1.37. The van der Waals surface area contributed by atoms with Crippen molar-refractivity contribution in [3.63, 3.8) is 0 Å². The molecule has 0 aliphatic heterocycles. The molecule has 2 atom stereocenters. The topological polar surface area (TPSA) is 70.4 Å². The van der Waals surface area contributed by atoms with Crippen LogP contribution in [0.25, 0.3) is 0 Å². The molecule has 1 fully saturated rings. The third-order valence-corrected chi connectivity index (χ3v) is 4.08. The minimum absolute atomic E-state index is 0.0769. The number of hydrogen-bond donors (Lipinski definition) is 2. The maximum Gasteiger partial charge on any atom is 0.338 e. The number of hydrogen-bond acceptors (Lipinski definition) is 4. The first-order valence-electron chi connectivity index (χ1n) is 5.21. The summed E-state index contributed by atoms with van der Waals surface area (Å²) in [7, 11) is 0. The van der Waals surface area contributed by atoms with E-state index in [4.69, 9.17) is 5.11 Å². The van der Waals surface area contributed by atoms with Gasteiger partial charge >= 0.3 is 5.97 Å². The van der Waals surface area contributed by atoms with Gasteiger partial charge in [0.1, 0.15) is 5.03 Å². The number of aliphatic hydroxyl groups is 1. The highest BCUT2D eigenvalue weighted by atomic mass is 32.2. The smallest absolute Gasteiger partial charge is 0.338 e. The van der Waals surface area contributed by atoms with E-state index in [1.807, 2.05) is 0 Å². The van der Waals surface area contributed by atoms with Crippen molar-refractivity contribution in [2.75, 3.05) is 0 Å². The molecular formula is C11H13NO3S. The van der Waals surface area contributed by atoms with Crippen molar-refractivity contribution in [2.24, 2.45) is 0 Å². The molecule has 5 heteroatoms. The van der Waals surface area contributed by atoms with Crippen LogP contribution >= 0.6 is 11.8 Å². The van der Waals surface area contributed by atoms with Gasteiger partial charge in [0, 0.05) is 11.4 Å². The van der Waals surface area contributed by atoms with E-state index >= 15 is 0 Å². The third kappa shape index (κ3) is 2.36. The Hall–Kier alpha value is -1.07. The van der Waals surface area contributed by atoms with E-state index in [2.05, 4.69) is 4.98 Å². The molecule has 0 spiro atoms. The van der Waals surface area contributed by atoms with E-state index in [0.29, 0.717) is 5.03 Å². The van der Waals surface area contributed by atoms with Gasteiger partial charge in [0.15, 0.2) is 0 Å². The molecule has 0 amide bonds. The van der Waals surface area contributed by atoms with Gasteiger partial charge in [-0.25, -0.2) is 9.78 Å². The minimum atomic E-state index is -0.969. The molecule has 16 heavy (non-hydrogen) atoms. The van der Waals surface area contributed by atoms with Gasteiger partial charge in [0.05, 0.1) is 11.7 Å². The summed E-state index contributed by atoms with van der Waals surface area (Å²) in [4.78, 5) is 15.0. The van der Waals surface area contributed by atoms with E-state index < -0.39 is 5.97 Å². The van der Waals surface area contributed by atoms with Crippen LogP contribution in [0.2, 0.25) is 0 Å². The first-order valence-corrected chi connectivity index (χ1v) is 6.09. The molecule has 1 saturated carbocycles. The Morgan fingerprint density at radius 1 is 1.50 bits per heavy atom. The van der Waals surface area contributed by atoms with Gasteiger partial charge in [0.2, 0.25) is 0 Å². The van der Waals surface area contributed by atoms with Crippen molar-refractivity contribution in [1.82, 2.24) is 4.98 Å². The highest BCUT2D eigenvalue weighted by Gasteiger charge is 2.27. The summed E-state index contributed by atoms with van der Waals surface area (Å²) in [5.74, 6) is -0.969. The van der Waals surface area contributed by atoms with E-state index in [1.54, 1.807) is 18.3 Å². The lowest BCUT2D eigenvalue weighted by Crippen LogP contribution is -2.16. The quantitative estimate of drug-likeness (QED) is 0.841. The standard InChI is InChI=1S/C11H13NO3S/c13-8-4-1-5-9(8)16-10-7(11(14)15)3-2-6-12-10/h2-3,6,8-9,13H,1,4-5H2,(H,14,15)/t8-,9-/m1/s1. The number of thioether (sulfide) groups is 1.